The Morgan fingerprint density at radius 3 is 2.89 bits per heavy atom. The van der Waals surface area contributed by atoms with Crippen molar-refractivity contribution in [2.75, 3.05) is 10.6 Å². The minimum Gasteiger partial charge on any atom is -0.389 e. The third-order valence-electron chi connectivity index (χ3n) is 4.30. The molecule has 4 rings (SSSR count). The summed E-state index contributed by atoms with van der Waals surface area (Å²) in [6.45, 7) is 8.87. The summed E-state index contributed by atoms with van der Waals surface area (Å²) in [6.07, 6.45) is 2.68. The van der Waals surface area contributed by atoms with Gasteiger partial charge in [0.2, 0.25) is 0 Å². The van der Waals surface area contributed by atoms with E-state index in [4.69, 9.17) is 18.2 Å². The van der Waals surface area contributed by atoms with Crippen molar-refractivity contribution in [3.63, 3.8) is 0 Å². The molecule has 1 aliphatic carbocycles. The average molecular weight is 395 g/mol. The van der Waals surface area contributed by atoms with E-state index in [9.17, 15) is 10.4 Å². The molecule has 9 nitrogen and oxygen atoms in total. The van der Waals surface area contributed by atoms with Gasteiger partial charge in [-0.05, 0) is 31.9 Å². The lowest BCUT2D eigenvalue weighted by Gasteiger charge is -2.14. The fraction of sp³-hybridized carbons (Fsp3) is 0.278. The first-order valence-electron chi connectivity index (χ1n) is 8.58. The molecule has 1 atom stereocenters. The summed E-state index contributed by atoms with van der Waals surface area (Å²) in [6, 6.07) is 5.47. The molecular weight excluding hydrogens is 380 g/mol. The summed E-state index contributed by atoms with van der Waals surface area (Å²) in [5.41, 5.74) is 1.61. The first kappa shape index (κ1) is 18.0. The van der Waals surface area contributed by atoms with E-state index in [2.05, 4.69) is 30.5 Å². The molecule has 10 heteroatoms. The van der Waals surface area contributed by atoms with Gasteiger partial charge in [0.25, 0.3) is 17.4 Å². The summed E-state index contributed by atoms with van der Waals surface area (Å²) in [5.74, 6) is 0.950. The molecule has 0 saturated heterocycles. The van der Waals surface area contributed by atoms with E-state index < -0.39 is 6.10 Å². The van der Waals surface area contributed by atoms with Crippen LogP contribution in [0.1, 0.15) is 37.0 Å². The number of benzene rings is 1. The molecule has 3 aromatic rings. The minimum absolute atomic E-state index is 0.187. The Balaban J connectivity index is 1.81. The van der Waals surface area contributed by atoms with Crippen LogP contribution in [0.4, 0.5) is 23.3 Å². The van der Waals surface area contributed by atoms with Gasteiger partial charge in [-0.25, -0.2) is 4.98 Å². The van der Waals surface area contributed by atoms with Crippen LogP contribution >= 0.6 is 11.6 Å². The number of nitriles is 1. The molecule has 2 heterocycles. The molecule has 0 bridgehead atoms. The number of hydrogen-bond acceptors (Lipinski definition) is 7. The molecule has 2 aromatic heterocycles. The normalized spacial score (nSPS) is 14.3. The van der Waals surface area contributed by atoms with Gasteiger partial charge in [0, 0.05) is 11.6 Å². The smallest absolute Gasteiger partial charge is 0.275 e. The summed E-state index contributed by atoms with van der Waals surface area (Å²) >= 11 is 6.40. The summed E-state index contributed by atoms with van der Waals surface area (Å²) in [5, 5.41) is 30.1. The molecule has 1 unspecified atom stereocenters. The Morgan fingerprint density at radius 1 is 1.46 bits per heavy atom. The number of aliphatic hydroxyl groups excluding tert-OH is 1. The highest BCUT2D eigenvalue weighted by atomic mass is 35.5. The predicted octanol–water partition coefficient (Wildman–Crippen LogP) is 3.57. The maximum Gasteiger partial charge on any atom is 0.275 e. The Labute approximate surface area is 165 Å². The van der Waals surface area contributed by atoms with Gasteiger partial charge in [0.05, 0.1) is 34.6 Å². The van der Waals surface area contributed by atoms with Crippen molar-refractivity contribution >= 4 is 40.5 Å². The van der Waals surface area contributed by atoms with Gasteiger partial charge in [-0.1, -0.05) is 23.3 Å². The Kier molecular flexibility index (Phi) is 4.47. The Hall–Kier alpha value is -3.40. The van der Waals surface area contributed by atoms with Crippen molar-refractivity contribution in [3.05, 3.63) is 45.9 Å². The molecule has 0 radical (unpaired) electrons. The Morgan fingerprint density at radius 2 is 2.25 bits per heavy atom. The van der Waals surface area contributed by atoms with Crippen molar-refractivity contribution in [1.29, 1.82) is 5.26 Å². The molecule has 0 amide bonds. The molecular formula is C18H15ClN8O. The van der Waals surface area contributed by atoms with E-state index in [0.717, 1.165) is 12.8 Å². The van der Waals surface area contributed by atoms with Crippen LogP contribution < -0.4 is 10.6 Å². The molecule has 1 aliphatic rings. The molecule has 1 saturated carbocycles. The lowest BCUT2D eigenvalue weighted by atomic mass is 10.1. The van der Waals surface area contributed by atoms with Gasteiger partial charge in [0.15, 0.2) is 5.82 Å². The van der Waals surface area contributed by atoms with Crippen molar-refractivity contribution in [2.45, 2.75) is 31.9 Å². The zero-order valence-electron chi connectivity index (χ0n) is 14.8. The largest absolute Gasteiger partial charge is 0.389 e. The van der Waals surface area contributed by atoms with Gasteiger partial charge in [-0.2, -0.15) is 10.2 Å². The molecule has 3 N–H and O–H groups in total. The quantitative estimate of drug-likeness (QED) is 0.566. The lowest BCUT2D eigenvalue weighted by molar-refractivity contribution is 0.199. The van der Waals surface area contributed by atoms with Crippen LogP contribution in [-0.4, -0.2) is 30.7 Å². The third kappa shape index (κ3) is 3.29. The SMILES string of the molecule is [C-]#[N+]c1cnc2c(NC3CC3)nc(Nc3cc(C#N)cc(C(C)O)c3Cl)nn12. The van der Waals surface area contributed by atoms with Crippen LogP contribution in [0.3, 0.4) is 0 Å². The van der Waals surface area contributed by atoms with E-state index in [1.165, 1.54) is 16.8 Å². The van der Waals surface area contributed by atoms with E-state index >= 15 is 0 Å². The standard InChI is InChI=1S/C18H15ClN8O/c1-9(28)12-5-10(7-20)6-13(15(12)19)24-18-25-16(23-11-3-4-11)17-22-8-14(21-2)27(17)26-18/h5-6,8-9,11,28H,3-4H2,1H3,(H2,23,24,25,26). The number of rotatable bonds is 5. The summed E-state index contributed by atoms with van der Waals surface area (Å²) in [4.78, 5) is 12.1. The van der Waals surface area contributed by atoms with Gasteiger partial charge >= 0.3 is 0 Å². The van der Waals surface area contributed by atoms with Gasteiger partial charge in [-0.3, -0.25) is 0 Å². The van der Waals surface area contributed by atoms with Crippen LogP contribution in [0.15, 0.2) is 18.3 Å². The van der Waals surface area contributed by atoms with Crippen molar-refractivity contribution in [2.24, 2.45) is 0 Å². The highest BCUT2D eigenvalue weighted by molar-refractivity contribution is 6.34. The predicted molar refractivity (Wildman–Crippen MR) is 104 cm³/mol. The Bertz CT molecular complexity index is 1150. The number of nitrogens with one attached hydrogen (secondary N) is 2. The molecule has 28 heavy (non-hydrogen) atoms. The van der Waals surface area contributed by atoms with Crippen LogP contribution in [-0.2, 0) is 0 Å². The minimum atomic E-state index is -0.848. The van der Waals surface area contributed by atoms with Crippen LogP contribution in [0.2, 0.25) is 5.02 Å². The number of aromatic nitrogens is 4. The van der Waals surface area contributed by atoms with Crippen LogP contribution in [0.5, 0.6) is 0 Å². The van der Waals surface area contributed by atoms with E-state index in [-0.39, 0.29) is 16.8 Å². The van der Waals surface area contributed by atoms with Crippen molar-refractivity contribution < 1.29 is 5.11 Å². The fourth-order valence-electron chi connectivity index (χ4n) is 2.74. The topological polar surface area (TPSA) is 116 Å². The maximum absolute atomic E-state index is 9.94. The molecule has 1 fully saturated rings. The fourth-order valence-corrected chi connectivity index (χ4v) is 3.06. The number of imidazole rings is 1. The zero-order chi connectivity index (χ0) is 19.8. The molecule has 0 spiro atoms. The van der Waals surface area contributed by atoms with Gasteiger partial charge in [0.1, 0.15) is 0 Å². The van der Waals surface area contributed by atoms with E-state index in [0.29, 0.717) is 34.3 Å². The van der Waals surface area contributed by atoms with Crippen molar-refractivity contribution in [1.82, 2.24) is 19.6 Å². The maximum atomic E-state index is 9.94. The highest BCUT2D eigenvalue weighted by Crippen LogP contribution is 2.34. The van der Waals surface area contributed by atoms with E-state index in [1.54, 1.807) is 13.0 Å². The van der Waals surface area contributed by atoms with Gasteiger partial charge < -0.3 is 20.6 Å². The first-order chi connectivity index (χ1) is 13.5. The number of hydrogen-bond donors (Lipinski definition) is 3. The second-order valence-corrected chi connectivity index (χ2v) is 6.88. The average Bonchev–Trinajstić information content (AvgIpc) is 3.39. The zero-order valence-corrected chi connectivity index (χ0v) is 15.6. The number of anilines is 3. The summed E-state index contributed by atoms with van der Waals surface area (Å²) in [7, 11) is 0. The number of fused-ring (bicyclic) bond motifs is 1. The lowest BCUT2D eigenvalue weighted by Crippen LogP contribution is -2.10. The number of nitrogens with zero attached hydrogens (tertiary/aromatic N) is 6. The third-order valence-corrected chi connectivity index (χ3v) is 4.73. The van der Waals surface area contributed by atoms with Gasteiger partial charge in [-0.15, -0.1) is 4.52 Å². The van der Waals surface area contributed by atoms with Crippen molar-refractivity contribution in [3.8, 4) is 6.07 Å². The second-order valence-electron chi connectivity index (χ2n) is 6.51. The van der Waals surface area contributed by atoms with E-state index in [1.807, 2.05) is 6.07 Å². The van der Waals surface area contributed by atoms with Crippen LogP contribution in [0.25, 0.3) is 10.5 Å². The number of halogens is 1. The highest BCUT2D eigenvalue weighted by Gasteiger charge is 2.25. The summed E-state index contributed by atoms with van der Waals surface area (Å²) < 4.78 is 1.41. The first-order valence-corrected chi connectivity index (χ1v) is 8.96. The van der Waals surface area contributed by atoms with Crippen LogP contribution in [0, 0.1) is 17.9 Å². The second kappa shape index (κ2) is 6.97. The molecule has 140 valence electrons. The molecule has 1 aromatic carbocycles. The number of aliphatic hydroxyl groups is 1. The monoisotopic (exact) mass is 394 g/mol. The molecule has 0 aliphatic heterocycles.